The van der Waals surface area contributed by atoms with Gasteiger partial charge in [-0.25, -0.2) is 13.1 Å². The zero-order valence-electron chi connectivity index (χ0n) is 13.9. The zero-order valence-corrected chi connectivity index (χ0v) is 15.5. The van der Waals surface area contributed by atoms with Crippen LogP contribution in [0, 0.1) is 0 Å². The van der Waals surface area contributed by atoms with Gasteiger partial charge in [0.1, 0.15) is 0 Å². The minimum absolute atomic E-state index is 0.0748. The van der Waals surface area contributed by atoms with Gasteiger partial charge in [0.15, 0.2) is 0 Å². The lowest BCUT2D eigenvalue weighted by Crippen LogP contribution is -2.31. The van der Waals surface area contributed by atoms with Gasteiger partial charge in [-0.3, -0.25) is 4.79 Å². The highest BCUT2D eigenvalue weighted by atomic mass is 35.5. The van der Waals surface area contributed by atoms with E-state index in [2.05, 4.69) is 10.0 Å². The minimum Gasteiger partial charge on any atom is -0.377 e. The Bertz CT molecular complexity index is 861. The molecule has 1 fully saturated rings. The number of amides is 1. The molecule has 0 aromatic heterocycles. The van der Waals surface area contributed by atoms with Crippen LogP contribution in [-0.2, 0) is 14.8 Å². The lowest BCUT2D eigenvalue weighted by Gasteiger charge is -2.12. The van der Waals surface area contributed by atoms with Crippen molar-refractivity contribution in [3.8, 4) is 0 Å². The van der Waals surface area contributed by atoms with Gasteiger partial charge in [0.2, 0.25) is 10.0 Å². The molecule has 0 saturated carbocycles. The van der Waals surface area contributed by atoms with Crippen molar-refractivity contribution in [1.82, 2.24) is 4.72 Å². The smallest absolute Gasteiger partial charge is 0.255 e. The van der Waals surface area contributed by atoms with Crippen LogP contribution in [0.4, 0.5) is 5.69 Å². The Hall–Kier alpha value is -1.93. The molecule has 2 aromatic carbocycles. The average Bonchev–Trinajstić information content (AvgIpc) is 3.16. The molecule has 1 amide bonds. The monoisotopic (exact) mass is 394 g/mol. The van der Waals surface area contributed by atoms with E-state index in [1.807, 2.05) is 0 Å². The van der Waals surface area contributed by atoms with E-state index in [1.165, 1.54) is 24.3 Å². The first-order valence-corrected chi connectivity index (χ1v) is 10.1. The maximum absolute atomic E-state index is 12.3. The van der Waals surface area contributed by atoms with Gasteiger partial charge in [-0.15, -0.1) is 0 Å². The first-order valence-electron chi connectivity index (χ1n) is 8.22. The predicted molar refractivity (Wildman–Crippen MR) is 100 cm³/mol. The summed E-state index contributed by atoms with van der Waals surface area (Å²) in [4.78, 5) is 12.3. The van der Waals surface area contributed by atoms with Crippen LogP contribution in [-0.4, -0.2) is 33.6 Å². The molecule has 8 heteroatoms. The van der Waals surface area contributed by atoms with Gasteiger partial charge in [-0.2, -0.15) is 0 Å². The standard InChI is InChI=1S/C18H19ClN2O4S/c19-14-5-7-15(8-6-14)21-18(22)13-3-9-17(10-4-13)26(23,24)20-12-16-2-1-11-25-16/h3-10,16,20H,1-2,11-12H2,(H,21,22). The van der Waals surface area contributed by atoms with Crippen LogP contribution in [0.3, 0.4) is 0 Å². The molecule has 6 nitrogen and oxygen atoms in total. The molecule has 2 N–H and O–H groups in total. The quantitative estimate of drug-likeness (QED) is 0.788. The number of sulfonamides is 1. The fourth-order valence-electron chi connectivity index (χ4n) is 2.61. The molecule has 0 radical (unpaired) electrons. The SMILES string of the molecule is O=C(Nc1ccc(Cl)cc1)c1ccc(S(=O)(=O)NCC2CCCO2)cc1. The second-order valence-electron chi connectivity index (χ2n) is 5.97. The lowest BCUT2D eigenvalue weighted by molar-refractivity contribution is 0.102. The summed E-state index contributed by atoms with van der Waals surface area (Å²) in [6, 6.07) is 12.5. The Morgan fingerprint density at radius 2 is 1.81 bits per heavy atom. The van der Waals surface area contributed by atoms with Crippen LogP contribution < -0.4 is 10.0 Å². The molecule has 1 aliphatic heterocycles. The Balaban J connectivity index is 1.63. The van der Waals surface area contributed by atoms with Gasteiger partial charge in [0.25, 0.3) is 5.91 Å². The van der Waals surface area contributed by atoms with Crippen molar-refractivity contribution in [1.29, 1.82) is 0 Å². The number of ether oxygens (including phenoxy) is 1. The normalized spacial score (nSPS) is 17.2. The van der Waals surface area contributed by atoms with Crippen LogP contribution in [0.5, 0.6) is 0 Å². The number of halogens is 1. The second kappa shape index (κ2) is 8.18. The van der Waals surface area contributed by atoms with E-state index in [0.717, 1.165) is 12.8 Å². The number of rotatable bonds is 6. The van der Waals surface area contributed by atoms with E-state index in [9.17, 15) is 13.2 Å². The van der Waals surface area contributed by atoms with Crippen LogP contribution in [0.1, 0.15) is 23.2 Å². The molecule has 1 atom stereocenters. The largest absolute Gasteiger partial charge is 0.377 e. The molecule has 138 valence electrons. The fraction of sp³-hybridized carbons (Fsp3) is 0.278. The maximum Gasteiger partial charge on any atom is 0.255 e. The van der Waals surface area contributed by atoms with Crippen molar-refractivity contribution in [2.45, 2.75) is 23.8 Å². The molecule has 1 aliphatic rings. The molecule has 3 rings (SSSR count). The highest BCUT2D eigenvalue weighted by molar-refractivity contribution is 7.89. The highest BCUT2D eigenvalue weighted by Crippen LogP contribution is 2.16. The van der Waals surface area contributed by atoms with Crippen molar-refractivity contribution < 1.29 is 17.9 Å². The topological polar surface area (TPSA) is 84.5 Å². The van der Waals surface area contributed by atoms with E-state index < -0.39 is 10.0 Å². The molecule has 26 heavy (non-hydrogen) atoms. The summed E-state index contributed by atoms with van der Waals surface area (Å²) in [5.74, 6) is -0.330. The van der Waals surface area contributed by atoms with Crippen LogP contribution in [0.25, 0.3) is 0 Å². The second-order valence-corrected chi connectivity index (χ2v) is 8.18. The number of hydrogen-bond acceptors (Lipinski definition) is 4. The number of anilines is 1. The van der Waals surface area contributed by atoms with Crippen molar-refractivity contribution in [3.05, 3.63) is 59.1 Å². The first kappa shape index (κ1) is 18.8. The van der Waals surface area contributed by atoms with Crippen LogP contribution >= 0.6 is 11.6 Å². The van der Waals surface area contributed by atoms with Crippen molar-refractivity contribution in [2.24, 2.45) is 0 Å². The third-order valence-electron chi connectivity index (χ3n) is 4.05. The molecule has 2 aromatic rings. The summed E-state index contributed by atoms with van der Waals surface area (Å²) in [7, 11) is -3.63. The van der Waals surface area contributed by atoms with Crippen molar-refractivity contribution in [3.63, 3.8) is 0 Å². The average molecular weight is 395 g/mol. The summed E-state index contributed by atoms with van der Waals surface area (Å²) >= 11 is 5.81. The molecule has 1 saturated heterocycles. The maximum atomic E-state index is 12.3. The predicted octanol–water partition coefficient (Wildman–Crippen LogP) is 3.05. The summed E-state index contributed by atoms with van der Waals surface area (Å²) < 4.78 is 32.6. The fourth-order valence-corrected chi connectivity index (χ4v) is 3.81. The van der Waals surface area contributed by atoms with E-state index in [-0.39, 0.29) is 23.5 Å². The number of benzene rings is 2. The summed E-state index contributed by atoms with van der Waals surface area (Å²) in [6.07, 6.45) is 1.73. The van der Waals surface area contributed by atoms with Gasteiger partial charge in [-0.05, 0) is 61.4 Å². The van der Waals surface area contributed by atoms with Crippen LogP contribution in [0.15, 0.2) is 53.4 Å². The molecule has 0 bridgehead atoms. The van der Waals surface area contributed by atoms with Gasteiger partial charge >= 0.3 is 0 Å². The number of carbonyl (C=O) groups is 1. The third kappa shape index (κ3) is 4.82. The van der Waals surface area contributed by atoms with Crippen molar-refractivity contribution in [2.75, 3.05) is 18.5 Å². The molecule has 0 aliphatic carbocycles. The van der Waals surface area contributed by atoms with Crippen LogP contribution in [0.2, 0.25) is 5.02 Å². The van der Waals surface area contributed by atoms with Gasteiger partial charge in [-0.1, -0.05) is 11.6 Å². The molecular formula is C18H19ClN2O4S. The first-order chi connectivity index (χ1) is 12.4. The van der Waals surface area contributed by atoms with Gasteiger partial charge in [0, 0.05) is 29.4 Å². The highest BCUT2D eigenvalue weighted by Gasteiger charge is 2.20. The lowest BCUT2D eigenvalue weighted by atomic mass is 10.2. The number of hydrogen-bond donors (Lipinski definition) is 2. The van der Waals surface area contributed by atoms with Crippen molar-refractivity contribution >= 4 is 33.2 Å². The Morgan fingerprint density at radius 1 is 1.12 bits per heavy atom. The molecule has 0 spiro atoms. The minimum atomic E-state index is -3.63. The molecule has 1 heterocycles. The number of nitrogens with one attached hydrogen (secondary N) is 2. The Kier molecular flexibility index (Phi) is 5.93. The molecular weight excluding hydrogens is 376 g/mol. The van der Waals surface area contributed by atoms with Gasteiger partial charge < -0.3 is 10.1 Å². The zero-order chi connectivity index (χ0) is 18.6. The van der Waals surface area contributed by atoms with E-state index in [0.29, 0.717) is 22.9 Å². The summed E-state index contributed by atoms with van der Waals surface area (Å²) in [5, 5.41) is 3.30. The third-order valence-corrected chi connectivity index (χ3v) is 5.75. The molecule has 1 unspecified atom stereocenters. The van der Waals surface area contributed by atoms with E-state index in [1.54, 1.807) is 24.3 Å². The Morgan fingerprint density at radius 3 is 2.42 bits per heavy atom. The summed E-state index contributed by atoms with van der Waals surface area (Å²) in [5.41, 5.74) is 0.965. The number of carbonyl (C=O) groups excluding carboxylic acids is 1. The Labute approximate surface area is 157 Å². The van der Waals surface area contributed by atoms with Gasteiger partial charge in [0.05, 0.1) is 11.0 Å². The van der Waals surface area contributed by atoms with E-state index in [4.69, 9.17) is 16.3 Å². The van der Waals surface area contributed by atoms with E-state index >= 15 is 0 Å². The summed E-state index contributed by atoms with van der Waals surface area (Å²) in [6.45, 7) is 0.922.